The van der Waals surface area contributed by atoms with Crippen LogP contribution >= 0.6 is 11.6 Å². The molecule has 6 aliphatic rings. The fourth-order valence-electron chi connectivity index (χ4n) is 19.1. The molecule has 8 aromatic rings. The molecule has 134 heavy (non-hydrogen) atoms. The Morgan fingerprint density at radius 2 is 0.664 bits per heavy atom. The van der Waals surface area contributed by atoms with Gasteiger partial charge in [-0.1, -0.05) is 32.9 Å². The van der Waals surface area contributed by atoms with E-state index in [1.807, 2.05) is 13.0 Å². The largest absolute Gasteiger partial charge is 0.478 e. The van der Waals surface area contributed by atoms with Gasteiger partial charge in [-0.25, -0.2) is 29.3 Å². The summed E-state index contributed by atoms with van der Waals surface area (Å²) >= 11 is 5.71. The molecule has 0 bridgehead atoms. The molecule has 6 aliphatic carbocycles. The number of aryl methyl sites for hydroxylation is 2. The van der Waals surface area contributed by atoms with Gasteiger partial charge in [0.25, 0.3) is 0 Å². The fraction of sp³-hybridized carbons (Fsp3) is 0.515. The molecular formula is C101H118ClF9N8O15. The van der Waals surface area contributed by atoms with Crippen molar-refractivity contribution in [3.63, 3.8) is 0 Å². The van der Waals surface area contributed by atoms with Crippen LogP contribution in [0.25, 0.3) is 0 Å². The number of hydrogen-bond donors (Lipinski definition) is 1. The van der Waals surface area contributed by atoms with Crippen molar-refractivity contribution in [1.82, 2.24) is 24.9 Å². The Morgan fingerprint density at radius 3 is 0.933 bits per heavy atom. The number of pyridine rings is 5. The highest BCUT2D eigenvalue weighted by Crippen LogP contribution is 2.47. The minimum absolute atomic E-state index is 0.0299. The summed E-state index contributed by atoms with van der Waals surface area (Å²) in [6, 6.07) is 25.7. The zero-order chi connectivity index (χ0) is 96.5. The highest BCUT2D eigenvalue weighted by atomic mass is 35.5. The van der Waals surface area contributed by atoms with Gasteiger partial charge in [-0.3, -0.25) is 24.4 Å². The first-order valence-electron chi connectivity index (χ1n) is 46.0. The molecule has 5 aromatic heterocycles. The Morgan fingerprint density at radius 1 is 0.381 bits per heavy atom. The number of aromatic nitrogens is 5. The van der Waals surface area contributed by atoms with Crippen LogP contribution in [0.4, 0.5) is 56.6 Å². The first-order chi connectivity index (χ1) is 63.9. The van der Waals surface area contributed by atoms with Crippen LogP contribution in [0.3, 0.4) is 0 Å². The third-order valence-electron chi connectivity index (χ3n) is 26.7. The lowest BCUT2D eigenvalue weighted by Crippen LogP contribution is -2.47. The number of halogens is 10. The summed E-state index contributed by atoms with van der Waals surface area (Å²) in [4.78, 5) is 107. The first kappa shape index (κ1) is 102. The van der Waals surface area contributed by atoms with Gasteiger partial charge in [0.15, 0.2) is 0 Å². The van der Waals surface area contributed by atoms with Crippen LogP contribution in [0.5, 0.6) is 34.9 Å². The van der Waals surface area contributed by atoms with Gasteiger partial charge in [0.1, 0.15) is 33.9 Å². The molecule has 0 radical (unpaired) electrons. The van der Waals surface area contributed by atoms with E-state index in [-0.39, 0.29) is 136 Å². The van der Waals surface area contributed by atoms with Crippen LogP contribution in [0.1, 0.15) is 262 Å². The third-order valence-corrected chi connectivity index (χ3v) is 27.0. The Balaban J connectivity index is 0.000000182. The second-order valence-electron chi connectivity index (χ2n) is 36.2. The highest BCUT2D eigenvalue weighted by molar-refractivity contribution is 6.17. The van der Waals surface area contributed by atoms with Crippen LogP contribution in [-0.4, -0.2) is 138 Å². The van der Waals surface area contributed by atoms with Crippen molar-refractivity contribution in [3.8, 4) is 34.9 Å². The Kier molecular flexibility index (Phi) is 35.2. The van der Waals surface area contributed by atoms with Crippen molar-refractivity contribution in [2.24, 2.45) is 35.5 Å². The molecule has 23 nitrogen and oxygen atoms in total. The molecule has 0 saturated heterocycles. The van der Waals surface area contributed by atoms with Crippen molar-refractivity contribution in [1.29, 1.82) is 0 Å². The fourth-order valence-corrected chi connectivity index (χ4v) is 19.2. The minimum atomic E-state index is -4.78. The van der Waals surface area contributed by atoms with Crippen molar-refractivity contribution >= 4 is 64.3 Å². The first-order valence-corrected chi connectivity index (χ1v) is 46.5. The summed E-state index contributed by atoms with van der Waals surface area (Å²) in [5.74, 6) is -4.28. The number of carbonyl (C=O) groups excluding carboxylic acids is 5. The minimum Gasteiger partial charge on any atom is -0.478 e. The van der Waals surface area contributed by atoms with Gasteiger partial charge in [0, 0.05) is 117 Å². The van der Waals surface area contributed by atoms with Crippen molar-refractivity contribution in [3.05, 3.63) is 201 Å². The molecule has 6 fully saturated rings. The normalized spacial score (nSPS) is 22.1. The van der Waals surface area contributed by atoms with E-state index >= 15 is 0 Å². The molecule has 6 saturated carbocycles. The average molecular weight is 1890 g/mol. The number of rotatable bonds is 26. The molecule has 0 spiro atoms. The lowest BCUT2D eigenvalue weighted by atomic mass is 9.81. The predicted octanol–water partition coefficient (Wildman–Crippen LogP) is 23.6. The molecule has 3 aromatic carbocycles. The van der Waals surface area contributed by atoms with E-state index in [0.29, 0.717) is 90.2 Å². The van der Waals surface area contributed by atoms with E-state index in [2.05, 4.69) is 45.7 Å². The van der Waals surface area contributed by atoms with Gasteiger partial charge >= 0.3 is 36.4 Å². The molecule has 0 aliphatic heterocycles. The lowest BCUT2D eigenvalue weighted by molar-refractivity contribution is -0.139. The molecule has 722 valence electrons. The van der Waals surface area contributed by atoms with Crippen molar-refractivity contribution in [2.75, 3.05) is 50.2 Å². The van der Waals surface area contributed by atoms with Crippen molar-refractivity contribution < 1.29 is 111 Å². The average Bonchev–Trinajstić information content (AvgIpc) is 0.786. The topological polar surface area (TPSA) is 271 Å². The number of methoxy groups -OCH3 is 5. The Labute approximate surface area is 780 Å². The van der Waals surface area contributed by atoms with Gasteiger partial charge in [-0.05, 0) is 299 Å². The third kappa shape index (κ3) is 26.5. The summed E-state index contributed by atoms with van der Waals surface area (Å²) in [7, 11) is 7.45. The smallest absolute Gasteiger partial charge is 0.421 e. The molecule has 5 heterocycles. The molecule has 1 N–H and O–H groups in total. The van der Waals surface area contributed by atoms with Crippen LogP contribution in [0.15, 0.2) is 128 Å². The number of carboxylic acid groups (broad SMARTS) is 1. The maximum Gasteiger partial charge on any atom is 0.421 e. The Hall–Kier alpha value is -10.8. The van der Waals surface area contributed by atoms with E-state index in [1.54, 1.807) is 85.4 Å². The van der Waals surface area contributed by atoms with Gasteiger partial charge in [0.05, 0.1) is 66.3 Å². The van der Waals surface area contributed by atoms with Crippen LogP contribution in [0, 0.1) is 49.4 Å². The summed E-state index contributed by atoms with van der Waals surface area (Å²) in [5, 5.41) is 10.3. The lowest BCUT2D eigenvalue weighted by Gasteiger charge is -2.40. The summed E-state index contributed by atoms with van der Waals surface area (Å²) in [6.07, 6.45) is 8.92. The van der Waals surface area contributed by atoms with E-state index < -0.39 is 70.8 Å². The number of anilines is 3. The molecular weight excluding hydrogens is 1770 g/mol. The van der Waals surface area contributed by atoms with Crippen LogP contribution < -0.4 is 28.9 Å². The molecule has 0 unspecified atom stereocenters. The Bertz CT molecular complexity index is 5370. The summed E-state index contributed by atoms with van der Waals surface area (Å²) < 4.78 is 170. The molecule has 14 rings (SSSR count). The van der Waals surface area contributed by atoms with Crippen LogP contribution in [-0.2, 0) is 75.3 Å². The number of carboxylic acids is 1. The number of aromatic carboxylic acids is 1. The van der Waals surface area contributed by atoms with E-state index in [9.17, 15) is 73.4 Å². The predicted molar refractivity (Wildman–Crippen MR) is 485 cm³/mol. The van der Waals surface area contributed by atoms with Gasteiger partial charge in [-0.2, -0.15) is 39.5 Å². The van der Waals surface area contributed by atoms with Crippen molar-refractivity contribution in [2.45, 2.75) is 262 Å². The maximum atomic E-state index is 14.3. The van der Waals surface area contributed by atoms with E-state index in [4.69, 9.17) is 49.5 Å². The number of ether oxygens (including phenoxy) is 8. The number of esters is 2. The summed E-state index contributed by atoms with van der Waals surface area (Å²) in [6.45, 7) is 10.1. The zero-order valence-electron chi connectivity index (χ0n) is 77.2. The number of alkyl halides is 10. The molecule has 33 heteroatoms. The SMILES string of the molecule is COC(=O)c1cc(Oc2ncc(CCl)cc2C(F)(F)F)ccc1N(C(=O)C1CCC(C)CC1)C1CCC(OC)CC1.COC(=O)c1cc(Oc2ncc(Cc3cccc(C)n3)cc2C(F)(F)F)ccc1N(C(=O)C1CCC(C)CC1)C1CCC(OC)CC1.COC1CCC(N(C(=O)C2CCC(C)CC2)c2ccc(Oc3ncc(Cc4cccc(C)n4)cc3C(F)(F)F)cc2C(=O)O)CC1. The number of carbonyl (C=O) groups is 6. The molecule has 0 atom stereocenters. The standard InChI is InChI=1S/C36H42F3N3O5.C35H40F3N3O5.C30H36ClF3N2O5/c1-22-8-10-25(11-9-22)34(43)42(27-12-14-28(45-3)15-13-27)32-17-16-29(20-30(32)35(44)46-4)47-33-31(36(37,38)39)19-24(21-40-33)18-26-7-5-6-23(2)41-26;1-21-7-9-24(10-8-21)33(42)41(26-11-13-27(45-3)14-12-26)31-16-15-28(19-29(31)34(43)44)46-32-30(35(36,37)38)18-23(20-39-32)17-25-6-4-5-22(2)40-25;1-18-4-6-20(7-5-18)28(37)36(21-8-10-22(39-2)11-9-21)26-13-12-23(15-24(26)29(38)40-3)41-27-25(30(32,33)34)14-19(16-31)17-35-27/h5-7,16-17,19-22,25,27-28H,8-15,18H2,1-4H3;4-6,15-16,18-21,24,26-27H,7-14,17H2,1-3H3,(H,43,44);12-15,17-18,20-22H,4-11,16H2,1-3H3. The second-order valence-corrected chi connectivity index (χ2v) is 36.5. The van der Waals surface area contributed by atoms with E-state index in [1.165, 1.54) is 75.3 Å². The molecule has 3 amide bonds. The quantitative estimate of drug-likeness (QED) is 0.0300. The van der Waals surface area contributed by atoms with Gasteiger partial charge in [0.2, 0.25) is 35.4 Å². The summed E-state index contributed by atoms with van der Waals surface area (Å²) in [5.41, 5.74) is 1.08. The monoisotopic (exact) mass is 1890 g/mol. The van der Waals surface area contributed by atoms with Crippen LogP contribution in [0.2, 0.25) is 0 Å². The van der Waals surface area contributed by atoms with Gasteiger partial charge in [-0.15, -0.1) is 11.6 Å². The van der Waals surface area contributed by atoms with E-state index in [0.717, 1.165) is 145 Å². The zero-order valence-corrected chi connectivity index (χ0v) is 77.9. The number of benzene rings is 3. The number of nitrogens with zero attached hydrogens (tertiary/aromatic N) is 8. The number of hydrogen-bond acceptors (Lipinski definition) is 19. The second kappa shape index (κ2) is 46.1. The number of amides is 3. The maximum absolute atomic E-state index is 14.3. The van der Waals surface area contributed by atoms with Gasteiger partial charge < -0.3 is 57.7 Å². The highest BCUT2D eigenvalue weighted by Gasteiger charge is 2.45.